The van der Waals surface area contributed by atoms with Crippen LogP contribution in [-0.4, -0.2) is 26.5 Å². The van der Waals surface area contributed by atoms with E-state index >= 15 is 0 Å². The summed E-state index contributed by atoms with van der Waals surface area (Å²) in [6.45, 7) is 0. The lowest BCUT2D eigenvalue weighted by molar-refractivity contribution is -0.125. The maximum Gasteiger partial charge on any atom is 0.242 e. The maximum absolute atomic E-state index is 11.6. The number of amides is 2. The fourth-order valence-corrected chi connectivity index (χ4v) is 3.79. The van der Waals surface area contributed by atoms with E-state index in [9.17, 15) is 18.0 Å². The Hall–Kier alpha value is 0.300. The average molecular weight is 634 g/mol. The number of halogens is 3. The van der Waals surface area contributed by atoms with Crippen LogP contribution >= 0.6 is 67.8 Å². The Morgan fingerprint density at radius 1 is 1.10 bits per heavy atom. The maximum atomic E-state index is 11.6. The fraction of sp³-hybridized carbons (Fsp3) is 0.200. The summed E-state index contributed by atoms with van der Waals surface area (Å²) in [5.74, 6) is -1.43. The van der Waals surface area contributed by atoms with Gasteiger partial charge in [0, 0.05) is 16.4 Å². The Bertz CT molecular complexity index is 637. The van der Waals surface area contributed by atoms with E-state index in [0.717, 1.165) is 17.0 Å². The molecule has 0 aliphatic carbocycles. The summed E-state index contributed by atoms with van der Waals surface area (Å²) in [5.41, 5.74) is 0.566. The van der Waals surface area contributed by atoms with Crippen LogP contribution < -0.4 is 10.0 Å². The van der Waals surface area contributed by atoms with Gasteiger partial charge in [-0.1, -0.05) is 0 Å². The van der Waals surface area contributed by atoms with Crippen molar-refractivity contribution >= 4 is 95.3 Å². The zero-order valence-corrected chi connectivity index (χ0v) is 17.3. The third-order valence-electron chi connectivity index (χ3n) is 1.89. The number of anilines is 1. The molecule has 110 valence electrons. The molecule has 0 aliphatic heterocycles. The van der Waals surface area contributed by atoms with Gasteiger partial charge in [-0.25, -0.2) is 8.42 Å². The van der Waals surface area contributed by atoms with Crippen LogP contribution in [0.1, 0.15) is 6.42 Å². The molecule has 0 radical (unpaired) electrons. The summed E-state index contributed by atoms with van der Waals surface area (Å²) < 4.78 is 26.5. The average Bonchev–Trinajstić information content (AvgIpc) is 2.22. The molecular formula is C10H9I3N2O4S. The second-order valence-corrected chi connectivity index (χ2v) is 8.93. The number of hydrogen-bond acceptors (Lipinski definition) is 4. The smallest absolute Gasteiger partial charge is 0.242 e. The highest BCUT2D eigenvalue weighted by molar-refractivity contribution is 14.1. The first-order chi connectivity index (χ1) is 9.08. The molecule has 0 saturated carbocycles. The van der Waals surface area contributed by atoms with Crippen LogP contribution in [0, 0.1) is 10.7 Å². The summed E-state index contributed by atoms with van der Waals surface area (Å²) >= 11 is 6.48. The largest absolute Gasteiger partial charge is 0.326 e. The topological polar surface area (TPSA) is 92.3 Å². The van der Waals surface area contributed by atoms with Gasteiger partial charge in [-0.15, -0.1) is 0 Å². The lowest BCUT2D eigenvalue weighted by atomic mass is 10.3. The highest BCUT2D eigenvalue weighted by Gasteiger charge is 2.14. The molecule has 1 aromatic rings. The van der Waals surface area contributed by atoms with E-state index in [-0.39, 0.29) is 0 Å². The normalized spacial score (nSPS) is 11.0. The van der Waals surface area contributed by atoms with Gasteiger partial charge < -0.3 is 5.32 Å². The van der Waals surface area contributed by atoms with E-state index in [1.807, 2.05) is 0 Å². The molecule has 1 rings (SSSR count). The first kappa shape index (κ1) is 18.3. The molecule has 20 heavy (non-hydrogen) atoms. The predicted octanol–water partition coefficient (Wildman–Crippen LogP) is 1.90. The molecule has 0 unspecified atom stereocenters. The highest BCUT2D eigenvalue weighted by atomic mass is 127. The van der Waals surface area contributed by atoms with Gasteiger partial charge in [0.2, 0.25) is 21.8 Å². The van der Waals surface area contributed by atoms with Crippen molar-refractivity contribution in [3.8, 4) is 0 Å². The molecule has 0 spiro atoms. The zero-order chi connectivity index (χ0) is 15.5. The highest BCUT2D eigenvalue weighted by Crippen LogP contribution is 2.25. The number of benzene rings is 1. The van der Waals surface area contributed by atoms with Gasteiger partial charge in [0.25, 0.3) is 0 Å². The Morgan fingerprint density at radius 3 is 2.05 bits per heavy atom. The number of nitrogens with one attached hydrogen (secondary N) is 2. The zero-order valence-electron chi connectivity index (χ0n) is 10.0. The molecule has 1 aromatic carbocycles. The number of hydrogen-bond donors (Lipinski definition) is 2. The van der Waals surface area contributed by atoms with Gasteiger partial charge in [-0.05, 0) is 79.9 Å². The molecule has 0 saturated heterocycles. The van der Waals surface area contributed by atoms with E-state index in [4.69, 9.17) is 0 Å². The Morgan fingerprint density at radius 2 is 1.60 bits per heavy atom. The van der Waals surface area contributed by atoms with Crippen molar-refractivity contribution in [2.45, 2.75) is 6.42 Å². The van der Waals surface area contributed by atoms with Gasteiger partial charge in [-0.2, -0.15) is 0 Å². The van der Waals surface area contributed by atoms with Crippen molar-refractivity contribution in [1.82, 2.24) is 4.72 Å². The number of rotatable bonds is 4. The SMILES string of the molecule is CS(=O)(=O)NC(=O)CC(=O)Nc1cc(I)c(I)c(I)c1. The van der Waals surface area contributed by atoms with E-state index in [1.165, 1.54) is 0 Å². The monoisotopic (exact) mass is 634 g/mol. The van der Waals surface area contributed by atoms with Crippen molar-refractivity contribution < 1.29 is 18.0 Å². The third kappa shape index (κ3) is 6.38. The summed E-state index contributed by atoms with van der Waals surface area (Å²) in [6, 6.07) is 3.55. The quantitative estimate of drug-likeness (QED) is 0.301. The van der Waals surface area contributed by atoms with Gasteiger partial charge in [-0.3, -0.25) is 14.3 Å². The lowest BCUT2D eigenvalue weighted by Gasteiger charge is -2.08. The third-order valence-corrected chi connectivity index (χ3v) is 7.41. The van der Waals surface area contributed by atoms with Crippen LogP contribution in [-0.2, 0) is 19.6 Å². The standard InChI is InChI=1S/C10H9I3N2O4S/c1-20(18,19)15-9(17)4-8(16)14-5-2-6(11)10(13)7(12)3-5/h2-3H,4H2,1H3,(H,14,16)(H,15,17). The summed E-state index contributed by atoms with van der Waals surface area (Å²) in [6.07, 6.45) is 0.304. The Labute approximate surface area is 157 Å². The number of carbonyl (C=O) groups is 2. The van der Waals surface area contributed by atoms with Crippen LogP contribution in [0.5, 0.6) is 0 Å². The van der Waals surface area contributed by atoms with Crippen molar-refractivity contribution in [3.05, 3.63) is 22.8 Å². The second kappa shape index (κ2) is 7.53. The molecule has 0 bridgehead atoms. The van der Waals surface area contributed by atoms with Crippen LogP contribution in [0.25, 0.3) is 0 Å². The van der Waals surface area contributed by atoms with Gasteiger partial charge >= 0.3 is 0 Å². The van der Waals surface area contributed by atoms with Crippen LogP contribution in [0.3, 0.4) is 0 Å². The molecule has 10 heteroatoms. The number of carbonyl (C=O) groups excluding carboxylic acids is 2. The van der Waals surface area contributed by atoms with E-state index in [0.29, 0.717) is 5.69 Å². The molecular weight excluding hydrogens is 625 g/mol. The van der Waals surface area contributed by atoms with Crippen molar-refractivity contribution in [1.29, 1.82) is 0 Å². The summed E-state index contributed by atoms with van der Waals surface area (Å²) in [4.78, 5) is 22.9. The van der Waals surface area contributed by atoms with Crippen LogP contribution in [0.2, 0.25) is 0 Å². The van der Waals surface area contributed by atoms with Crippen molar-refractivity contribution in [3.63, 3.8) is 0 Å². The van der Waals surface area contributed by atoms with Crippen molar-refractivity contribution in [2.75, 3.05) is 11.6 Å². The Kier molecular flexibility index (Phi) is 6.91. The van der Waals surface area contributed by atoms with E-state index in [2.05, 4.69) is 73.1 Å². The minimum absolute atomic E-state index is 0.549. The Balaban J connectivity index is 2.70. The molecule has 2 amide bonds. The molecule has 2 N–H and O–H groups in total. The molecule has 0 aliphatic rings. The van der Waals surface area contributed by atoms with Gasteiger partial charge in [0.15, 0.2) is 0 Å². The van der Waals surface area contributed by atoms with Crippen molar-refractivity contribution in [2.24, 2.45) is 0 Å². The molecule has 0 heterocycles. The molecule has 0 atom stereocenters. The van der Waals surface area contributed by atoms with Gasteiger partial charge in [0.1, 0.15) is 6.42 Å². The van der Waals surface area contributed by atoms with E-state index in [1.54, 1.807) is 16.9 Å². The summed E-state index contributed by atoms with van der Waals surface area (Å²) in [5, 5.41) is 2.56. The van der Waals surface area contributed by atoms with Crippen LogP contribution in [0.15, 0.2) is 12.1 Å². The minimum atomic E-state index is -3.64. The van der Waals surface area contributed by atoms with Crippen LogP contribution in [0.4, 0.5) is 5.69 Å². The molecule has 6 nitrogen and oxygen atoms in total. The minimum Gasteiger partial charge on any atom is -0.326 e. The predicted molar refractivity (Wildman–Crippen MR) is 101 cm³/mol. The first-order valence-electron chi connectivity index (χ1n) is 5.03. The summed E-state index contributed by atoms with van der Waals surface area (Å²) in [7, 11) is -3.64. The lowest BCUT2D eigenvalue weighted by Crippen LogP contribution is -2.32. The molecule has 0 fully saturated rings. The number of sulfonamides is 1. The molecule has 0 aromatic heterocycles. The fourth-order valence-electron chi connectivity index (χ4n) is 1.22. The van der Waals surface area contributed by atoms with Gasteiger partial charge in [0.05, 0.1) is 6.26 Å². The van der Waals surface area contributed by atoms with E-state index < -0.39 is 28.3 Å². The first-order valence-corrected chi connectivity index (χ1v) is 10.2. The second-order valence-electron chi connectivity index (χ2n) is 3.78.